The molecule has 0 unspecified atom stereocenters. The molecule has 1 aliphatic heterocycles. The van der Waals surface area contributed by atoms with Crippen molar-refractivity contribution in [3.8, 4) is 12.1 Å². The van der Waals surface area contributed by atoms with Gasteiger partial charge in [-0.05, 0) is 31.0 Å². The minimum absolute atomic E-state index is 0.0297. The fourth-order valence-corrected chi connectivity index (χ4v) is 3.67. The maximum Gasteiger partial charge on any atom is 0.223 e. The van der Waals surface area contributed by atoms with Crippen LogP contribution in [0.4, 0.5) is 10.1 Å². The molecular weight excluding hydrogens is 353 g/mol. The van der Waals surface area contributed by atoms with E-state index in [1.165, 1.54) is 23.5 Å². The van der Waals surface area contributed by atoms with Gasteiger partial charge >= 0.3 is 0 Å². The number of rotatable bonds is 4. The molecule has 0 bridgehead atoms. The van der Waals surface area contributed by atoms with Crippen LogP contribution in [0.15, 0.2) is 23.6 Å². The van der Waals surface area contributed by atoms with Crippen molar-refractivity contribution in [3.63, 3.8) is 0 Å². The number of benzene rings is 1. The summed E-state index contributed by atoms with van der Waals surface area (Å²) in [6.07, 6.45) is 1.32. The second kappa shape index (κ2) is 7.94. The minimum atomic E-state index is -0.429. The zero-order valence-corrected chi connectivity index (χ0v) is 14.7. The molecule has 0 saturated carbocycles. The monoisotopic (exact) mass is 369 g/mol. The lowest BCUT2D eigenvalue weighted by Crippen LogP contribution is -2.40. The van der Waals surface area contributed by atoms with Crippen molar-refractivity contribution in [1.29, 1.82) is 10.5 Å². The predicted octanol–water partition coefficient (Wildman–Crippen LogP) is 2.56. The summed E-state index contributed by atoms with van der Waals surface area (Å²) in [4.78, 5) is 18.5. The first-order valence-corrected chi connectivity index (χ1v) is 9.05. The Morgan fingerprint density at radius 1 is 1.35 bits per heavy atom. The average Bonchev–Trinajstić information content (AvgIpc) is 3.14. The molecule has 6 nitrogen and oxygen atoms in total. The van der Waals surface area contributed by atoms with Crippen LogP contribution < -0.4 is 10.2 Å². The number of amides is 1. The smallest absolute Gasteiger partial charge is 0.223 e. The standard InChI is InChI=1S/C18H16FN5OS/c19-14-1-2-16(13(7-14)8-20)24-5-3-12(4-6-24)18(25)22-10-17-23-15(9-21)11-26-17/h1-2,7,11-12H,3-6,10H2,(H,22,25). The molecule has 0 atom stereocenters. The lowest BCUT2D eigenvalue weighted by atomic mass is 9.95. The third-order valence-corrected chi connectivity index (χ3v) is 5.21. The van der Waals surface area contributed by atoms with E-state index in [1.54, 1.807) is 11.4 Å². The van der Waals surface area contributed by atoms with Crippen LogP contribution in [0, 0.1) is 34.4 Å². The molecule has 8 heteroatoms. The third kappa shape index (κ3) is 3.98. The number of nitriles is 2. The first kappa shape index (κ1) is 17.8. The summed E-state index contributed by atoms with van der Waals surface area (Å²) in [5.74, 6) is -0.563. The van der Waals surface area contributed by atoms with Gasteiger partial charge in [-0.1, -0.05) is 0 Å². The predicted molar refractivity (Wildman–Crippen MR) is 94.7 cm³/mol. The fraction of sp³-hybridized carbons (Fsp3) is 0.333. The molecule has 1 amide bonds. The van der Waals surface area contributed by atoms with Gasteiger partial charge in [-0.2, -0.15) is 10.5 Å². The van der Waals surface area contributed by atoms with Gasteiger partial charge in [0, 0.05) is 24.4 Å². The highest BCUT2D eigenvalue weighted by atomic mass is 32.1. The van der Waals surface area contributed by atoms with Crippen LogP contribution in [0.2, 0.25) is 0 Å². The van der Waals surface area contributed by atoms with Crippen LogP contribution >= 0.6 is 11.3 Å². The minimum Gasteiger partial charge on any atom is -0.370 e. The van der Waals surface area contributed by atoms with Crippen molar-refractivity contribution in [1.82, 2.24) is 10.3 Å². The summed E-state index contributed by atoms with van der Waals surface area (Å²) in [6.45, 7) is 1.59. The first-order chi connectivity index (χ1) is 12.6. The van der Waals surface area contributed by atoms with Gasteiger partial charge < -0.3 is 10.2 Å². The molecule has 1 aromatic heterocycles. The van der Waals surface area contributed by atoms with Gasteiger partial charge in [0.1, 0.15) is 23.0 Å². The van der Waals surface area contributed by atoms with E-state index in [0.717, 1.165) is 0 Å². The zero-order valence-electron chi connectivity index (χ0n) is 13.9. The number of hydrogen-bond acceptors (Lipinski definition) is 6. The van der Waals surface area contributed by atoms with Crippen molar-refractivity contribution >= 4 is 22.9 Å². The number of aromatic nitrogens is 1. The molecule has 1 fully saturated rings. The molecule has 2 aromatic rings. The van der Waals surface area contributed by atoms with Crippen molar-refractivity contribution in [2.45, 2.75) is 19.4 Å². The van der Waals surface area contributed by atoms with E-state index < -0.39 is 5.82 Å². The van der Waals surface area contributed by atoms with Crippen molar-refractivity contribution < 1.29 is 9.18 Å². The number of nitrogens with one attached hydrogen (secondary N) is 1. The molecule has 1 N–H and O–H groups in total. The second-order valence-electron chi connectivity index (χ2n) is 5.99. The molecule has 132 valence electrons. The normalized spacial score (nSPS) is 14.5. The van der Waals surface area contributed by atoms with Crippen molar-refractivity contribution in [2.75, 3.05) is 18.0 Å². The molecule has 2 heterocycles. The average molecular weight is 369 g/mol. The number of hydrogen-bond donors (Lipinski definition) is 1. The molecule has 1 saturated heterocycles. The number of anilines is 1. The van der Waals surface area contributed by atoms with E-state index in [2.05, 4.69) is 10.3 Å². The summed E-state index contributed by atoms with van der Waals surface area (Å²) in [5.41, 5.74) is 1.38. The van der Waals surface area contributed by atoms with E-state index in [0.29, 0.717) is 54.4 Å². The quantitative estimate of drug-likeness (QED) is 0.894. The summed E-state index contributed by atoms with van der Waals surface area (Å²) < 4.78 is 13.3. The van der Waals surface area contributed by atoms with Crippen LogP contribution in [-0.4, -0.2) is 24.0 Å². The maximum atomic E-state index is 13.3. The lowest BCUT2D eigenvalue weighted by Gasteiger charge is -2.33. The number of carbonyl (C=O) groups excluding carboxylic acids is 1. The Bertz CT molecular complexity index is 890. The Morgan fingerprint density at radius 2 is 2.12 bits per heavy atom. The fourth-order valence-electron chi connectivity index (χ4n) is 3.01. The molecule has 0 radical (unpaired) electrons. The number of carbonyl (C=O) groups is 1. The lowest BCUT2D eigenvalue weighted by molar-refractivity contribution is -0.125. The zero-order chi connectivity index (χ0) is 18.5. The number of thiazole rings is 1. The van der Waals surface area contributed by atoms with E-state index >= 15 is 0 Å². The maximum absolute atomic E-state index is 13.3. The van der Waals surface area contributed by atoms with Crippen LogP contribution in [0.25, 0.3) is 0 Å². The highest BCUT2D eigenvalue weighted by Crippen LogP contribution is 2.27. The van der Waals surface area contributed by atoms with Crippen molar-refractivity contribution in [2.24, 2.45) is 5.92 Å². The molecule has 0 spiro atoms. The molecule has 3 rings (SSSR count). The van der Waals surface area contributed by atoms with E-state index in [4.69, 9.17) is 5.26 Å². The van der Waals surface area contributed by atoms with Crippen LogP contribution in [-0.2, 0) is 11.3 Å². The molecule has 26 heavy (non-hydrogen) atoms. The first-order valence-electron chi connectivity index (χ1n) is 8.17. The van der Waals surface area contributed by atoms with Gasteiger partial charge in [-0.15, -0.1) is 11.3 Å². The Balaban J connectivity index is 1.54. The molecular formula is C18H16FN5OS. The molecule has 1 aliphatic rings. The van der Waals surface area contributed by atoms with E-state index in [-0.39, 0.29) is 11.8 Å². The number of nitrogens with zero attached hydrogens (tertiary/aromatic N) is 4. The summed E-state index contributed by atoms with van der Waals surface area (Å²) in [5, 5.41) is 23.2. The largest absolute Gasteiger partial charge is 0.370 e. The summed E-state index contributed by atoms with van der Waals surface area (Å²) >= 11 is 1.35. The molecule has 1 aromatic carbocycles. The van der Waals surface area contributed by atoms with E-state index in [9.17, 15) is 14.4 Å². The van der Waals surface area contributed by atoms with Crippen LogP contribution in [0.5, 0.6) is 0 Å². The Hall–Kier alpha value is -2.97. The van der Waals surface area contributed by atoms with Gasteiger partial charge in [-0.25, -0.2) is 9.37 Å². The van der Waals surface area contributed by atoms with Crippen LogP contribution in [0.3, 0.4) is 0 Å². The van der Waals surface area contributed by atoms with Gasteiger partial charge in [0.05, 0.1) is 17.8 Å². The summed E-state index contributed by atoms with van der Waals surface area (Å²) in [7, 11) is 0. The Labute approximate surface area is 154 Å². The highest BCUT2D eigenvalue weighted by Gasteiger charge is 2.26. The SMILES string of the molecule is N#Cc1csc(CNC(=O)C2CCN(c3ccc(F)cc3C#N)CC2)n1. The second-order valence-corrected chi connectivity index (χ2v) is 6.93. The van der Waals surface area contributed by atoms with Gasteiger partial charge in [-0.3, -0.25) is 4.79 Å². The van der Waals surface area contributed by atoms with Crippen LogP contribution in [0.1, 0.15) is 29.1 Å². The van der Waals surface area contributed by atoms with E-state index in [1.807, 2.05) is 17.0 Å². The van der Waals surface area contributed by atoms with Crippen molar-refractivity contribution in [3.05, 3.63) is 45.7 Å². The Morgan fingerprint density at radius 3 is 2.77 bits per heavy atom. The summed E-state index contributed by atoms with van der Waals surface area (Å²) in [6, 6.07) is 8.18. The Kier molecular flexibility index (Phi) is 5.45. The molecule has 0 aliphatic carbocycles. The van der Waals surface area contributed by atoms with Gasteiger partial charge in [0.2, 0.25) is 5.91 Å². The van der Waals surface area contributed by atoms with Gasteiger partial charge in [0.15, 0.2) is 5.69 Å². The number of piperidine rings is 1. The number of halogens is 1. The van der Waals surface area contributed by atoms with Gasteiger partial charge in [0.25, 0.3) is 0 Å². The third-order valence-electron chi connectivity index (χ3n) is 4.37. The topological polar surface area (TPSA) is 92.8 Å². The highest BCUT2D eigenvalue weighted by molar-refractivity contribution is 7.09.